The smallest absolute Gasteiger partial charge is 0.323 e. The van der Waals surface area contributed by atoms with Crippen molar-refractivity contribution in [1.82, 2.24) is 10.2 Å². The first-order chi connectivity index (χ1) is 7.68. The van der Waals surface area contributed by atoms with Crippen molar-refractivity contribution in [1.29, 1.82) is 0 Å². The van der Waals surface area contributed by atoms with Crippen molar-refractivity contribution in [2.75, 3.05) is 19.3 Å². The van der Waals surface area contributed by atoms with E-state index in [0.717, 1.165) is 0 Å². The zero-order chi connectivity index (χ0) is 13.6. The van der Waals surface area contributed by atoms with Crippen LogP contribution in [0.3, 0.4) is 0 Å². The first kappa shape index (κ1) is 16.1. The molecule has 2 amide bonds. The molecule has 0 heterocycles. The van der Waals surface area contributed by atoms with Crippen LogP contribution in [0.25, 0.3) is 0 Å². The Hall–Kier alpha value is -0.910. The summed E-state index contributed by atoms with van der Waals surface area (Å²) >= 11 is 1.65. The molecule has 0 saturated heterocycles. The third-order valence-electron chi connectivity index (χ3n) is 2.29. The van der Waals surface area contributed by atoms with Gasteiger partial charge < -0.3 is 15.3 Å². The van der Waals surface area contributed by atoms with E-state index in [9.17, 15) is 9.59 Å². The molecule has 17 heavy (non-hydrogen) atoms. The number of aliphatic carboxylic acids is 1. The molecule has 0 spiro atoms. The number of carbonyl (C=O) groups excluding carboxylic acids is 1. The van der Waals surface area contributed by atoms with Crippen LogP contribution in [-0.4, -0.2) is 52.1 Å². The normalized spacial score (nSPS) is 13.0. The summed E-state index contributed by atoms with van der Waals surface area (Å²) in [5, 5.41) is 11.9. The molecular formula is C11H22N2O3S. The molecule has 5 nitrogen and oxygen atoms in total. The van der Waals surface area contributed by atoms with Crippen LogP contribution >= 0.6 is 11.8 Å². The molecule has 0 aromatic rings. The minimum Gasteiger partial charge on any atom is -0.480 e. The molecule has 0 saturated carbocycles. The third-order valence-corrected chi connectivity index (χ3v) is 3.26. The Kier molecular flexibility index (Phi) is 6.37. The summed E-state index contributed by atoms with van der Waals surface area (Å²) in [7, 11) is 0. The summed E-state index contributed by atoms with van der Waals surface area (Å²) in [4.78, 5) is 23.9. The topological polar surface area (TPSA) is 69.6 Å². The van der Waals surface area contributed by atoms with Crippen molar-refractivity contribution < 1.29 is 14.7 Å². The Morgan fingerprint density at radius 3 is 2.29 bits per heavy atom. The van der Waals surface area contributed by atoms with E-state index in [1.54, 1.807) is 11.8 Å². The van der Waals surface area contributed by atoms with Gasteiger partial charge in [0.05, 0.1) is 0 Å². The third kappa shape index (κ3) is 6.41. The number of urea groups is 1. The van der Waals surface area contributed by atoms with E-state index in [4.69, 9.17) is 5.11 Å². The molecule has 1 atom stereocenters. The number of thioether (sulfide) groups is 1. The molecule has 0 aliphatic carbocycles. The largest absolute Gasteiger partial charge is 0.480 e. The average Bonchev–Trinajstić information content (AvgIpc) is 2.20. The molecule has 1 unspecified atom stereocenters. The molecule has 0 bridgehead atoms. The van der Waals surface area contributed by atoms with Gasteiger partial charge in [0.2, 0.25) is 0 Å². The van der Waals surface area contributed by atoms with Crippen molar-refractivity contribution in [3.05, 3.63) is 0 Å². The lowest BCUT2D eigenvalue weighted by molar-refractivity contribution is -0.138. The molecule has 0 radical (unpaired) electrons. The Bertz CT molecular complexity index is 276. The molecule has 2 N–H and O–H groups in total. The van der Waals surface area contributed by atoms with Gasteiger partial charge in [0.15, 0.2) is 0 Å². The maximum absolute atomic E-state index is 11.9. The number of hydrogen-bond donors (Lipinski definition) is 2. The van der Waals surface area contributed by atoms with Gasteiger partial charge in [-0.25, -0.2) is 4.79 Å². The second kappa shape index (κ2) is 6.74. The fraction of sp³-hybridized carbons (Fsp3) is 0.818. The summed E-state index contributed by atoms with van der Waals surface area (Å²) < 4.78 is 0. The summed E-state index contributed by atoms with van der Waals surface area (Å²) in [6, 6.07) is -0.333. The summed E-state index contributed by atoms with van der Waals surface area (Å²) in [5.74, 6) is -1.01. The Balaban J connectivity index is 4.49. The van der Waals surface area contributed by atoms with E-state index in [2.05, 4.69) is 5.32 Å². The number of carboxylic acid groups (broad SMARTS) is 1. The maximum Gasteiger partial charge on any atom is 0.323 e. The molecule has 0 fully saturated rings. The van der Waals surface area contributed by atoms with Gasteiger partial charge in [-0.15, -0.1) is 0 Å². The second-order valence-corrected chi connectivity index (χ2v) is 6.16. The fourth-order valence-electron chi connectivity index (χ4n) is 1.16. The number of hydrogen-bond acceptors (Lipinski definition) is 3. The van der Waals surface area contributed by atoms with Crippen molar-refractivity contribution in [3.8, 4) is 0 Å². The molecule has 0 rings (SSSR count). The van der Waals surface area contributed by atoms with E-state index in [0.29, 0.717) is 11.8 Å². The van der Waals surface area contributed by atoms with Gasteiger partial charge in [-0.05, 0) is 27.0 Å². The maximum atomic E-state index is 11.9. The lowest BCUT2D eigenvalue weighted by Gasteiger charge is -2.34. The van der Waals surface area contributed by atoms with Crippen LogP contribution in [0.5, 0.6) is 0 Å². The number of carboxylic acids is 1. The molecule has 0 aliphatic rings. The van der Waals surface area contributed by atoms with Crippen LogP contribution in [0.4, 0.5) is 4.79 Å². The van der Waals surface area contributed by atoms with Crippen molar-refractivity contribution >= 4 is 23.8 Å². The Labute approximate surface area is 107 Å². The minimum absolute atomic E-state index is 0.289. The summed E-state index contributed by atoms with van der Waals surface area (Å²) in [6.45, 7) is 7.69. The van der Waals surface area contributed by atoms with Gasteiger partial charge in [0, 0.05) is 17.3 Å². The first-order valence-corrected chi connectivity index (χ1v) is 6.77. The molecule has 0 aromatic heterocycles. The number of carbonyl (C=O) groups is 2. The van der Waals surface area contributed by atoms with Crippen LogP contribution in [0.15, 0.2) is 0 Å². The number of rotatable bonds is 5. The molecule has 0 aliphatic heterocycles. The summed E-state index contributed by atoms with van der Waals surface area (Å²) in [5.41, 5.74) is -0.509. The number of amides is 2. The SMILES string of the molecule is CSC(C)CNC(=O)N(CC(=O)O)C(C)(C)C. The minimum atomic E-state index is -1.01. The molecular weight excluding hydrogens is 240 g/mol. The van der Waals surface area contributed by atoms with Crippen LogP contribution < -0.4 is 5.32 Å². The van der Waals surface area contributed by atoms with Gasteiger partial charge in [0.25, 0.3) is 0 Å². The van der Waals surface area contributed by atoms with Crippen molar-refractivity contribution in [3.63, 3.8) is 0 Å². The fourth-order valence-corrected chi connectivity index (χ4v) is 1.41. The van der Waals surface area contributed by atoms with Crippen LogP contribution in [0, 0.1) is 0 Å². The van der Waals surface area contributed by atoms with Gasteiger partial charge in [-0.2, -0.15) is 11.8 Å². The number of nitrogens with one attached hydrogen (secondary N) is 1. The zero-order valence-electron chi connectivity index (χ0n) is 11.1. The summed E-state index contributed by atoms with van der Waals surface area (Å²) in [6.07, 6.45) is 1.97. The van der Waals surface area contributed by atoms with Crippen molar-refractivity contribution in [2.45, 2.75) is 38.5 Å². The number of nitrogens with zero attached hydrogens (tertiary/aromatic N) is 1. The second-order valence-electron chi connectivity index (χ2n) is 4.88. The highest BCUT2D eigenvalue weighted by molar-refractivity contribution is 7.99. The standard InChI is InChI=1S/C11H22N2O3S/c1-8(17-5)6-12-10(16)13(7-9(14)15)11(2,3)4/h8H,6-7H2,1-5H3,(H,12,16)(H,14,15). The predicted octanol–water partition coefficient (Wildman–Crippen LogP) is 1.63. The van der Waals surface area contributed by atoms with Gasteiger partial charge >= 0.3 is 12.0 Å². The molecule has 0 aromatic carbocycles. The van der Waals surface area contributed by atoms with E-state index in [-0.39, 0.29) is 12.6 Å². The van der Waals surface area contributed by atoms with Crippen molar-refractivity contribution in [2.24, 2.45) is 0 Å². The Morgan fingerprint density at radius 2 is 1.94 bits per heavy atom. The van der Waals surface area contributed by atoms with E-state index in [1.807, 2.05) is 34.0 Å². The monoisotopic (exact) mass is 262 g/mol. The van der Waals surface area contributed by atoms with Crippen LogP contribution in [-0.2, 0) is 4.79 Å². The molecule has 100 valence electrons. The van der Waals surface area contributed by atoms with E-state index in [1.165, 1.54) is 4.90 Å². The Morgan fingerprint density at radius 1 is 1.41 bits per heavy atom. The van der Waals surface area contributed by atoms with Crippen LogP contribution in [0.2, 0.25) is 0 Å². The van der Waals surface area contributed by atoms with Gasteiger partial charge in [-0.3, -0.25) is 4.79 Å². The van der Waals surface area contributed by atoms with Crippen LogP contribution in [0.1, 0.15) is 27.7 Å². The lowest BCUT2D eigenvalue weighted by Crippen LogP contribution is -2.53. The van der Waals surface area contributed by atoms with Gasteiger partial charge in [0.1, 0.15) is 6.54 Å². The first-order valence-electron chi connectivity index (χ1n) is 5.48. The molecule has 6 heteroatoms. The van der Waals surface area contributed by atoms with E-state index < -0.39 is 11.5 Å². The predicted molar refractivity (Wildman–Crippen MR) is 70.5 cm³/mol. The highest BCUT2D eigenvalue weighted by Crippen LogP contribution is 2.13. The highest BCUT2D eigenvalue weighted by Gasteiger charge is 2.28. The van der Waals surface area contributed by atoms with E-state index >= 15 is 0 Å². The van der Waals surface area contributed by atoms with Gasteiger partial charge in [-0.1, -0.05) is 6.92 Å². The quantitative estimate of drug-likeness (QED) is 0.790. The lowest BCUT2D eigenvalue weighted by atomic mass is 10.1. The average molecular weight is 262 g/mol. The highest BCUT2D eigenvalue weighted by atomic mass is 32.2. The zero-order valence-corrected chi connectivity index (χ0v) is 11.9.